The van der Waals surface area contributed by atoms with E-state index in [0.29, 0.717) is 10.7 Å². The normalized spacial score (nSPS) is 11.5. The molecule has 0 aliphatic heterocycles. The molecule has 0 fully saturated rings. The Morgan fingerprint density at radius 2 is 1.78 bits per heavy atom. The number of nitrogens with one attached hydrogen (secondary N) is 1. The number of nitrogens with zero attached hydrogens (tertiary/aromatic N) is 1. The number of esters is 1. The van der Waals surface area contributed by atoms with E-state index in [1.54, 1.807) is 31.4 Å². The van der Waals surface area contributed by atoms with Crippen LogP contribution in [0.15, 0.2) is 60.0 Å². The minimum Gasteiger partial charge on any atom is -0.497 e. The van der Waals surface area contributed by atoms with Crippen LogP contribution in [0, 0.1) is 0 Å². The highest BCUT2D eigenvalue weighted by atomic mass is 32.1. The van der Waals surface area contributed by atoms with Gasteiger partial charge in [0.05, 0.1) is 12.8 Å². The minimum atomic E-state index is -1.03. The van der Waals surface area contributed by atoms with Crippen molar-refractivity contribution in [3.05, 3.63) is 65.5 Å². The quantitative estimate of drug-likeness (QED) is 0.651. The second-order valence-electron chi connectivity index (χ2n) is 5.66. The third kappa shape index (κ3) is 4.71. The molecular weight excluding hydrogens is 364 g/mol. The van der Waals surface area contributed by atoms with Crippen LogP contribution in [0.2, 0.25) is 0 Å². The van der Waals surface area contributed by atoms with E-state index in [1.165, 1.54) is 18.3 Å². The lowest BCUT2D eigenvalue weighted by atomic mass is 10.1. The predicted molar refractivity (Wildman–Crippen MR) is 104 cm³/mol. The van der Waals surface area contributed by atoms with Crippen LogP contribution in [-0.2, 0) is 14.3 Å². The summed E-state index contributed by atoms with van der Waals surface area (Å²) < 4.78 is 10.3. The molecular formula is C20H18N2O4S. The van der Waals surface area contributed by atoms with Gasteiger partial charge >= 0.3 is 5.97 Å². The molecule has 1 amide bonds. The molecule has 1 unspecified atom stereocenters. The number of benzene rings is 2. The molecule has 0 saturated carbocycles. The average Bonchev–Trinajstić information content (AvgIpc) is 3.15. The van der Waals surface area contributed by atoms with E-state index in [-0.39, 0.29) is 0 Å². The largest absolute Gasteiger partial charge is 0.497 e. The molecule has 0 saturated heterocycles. The smallest absolute Gasteiger partial charge is 0.303 e. The maximum Gasteiger partial charge on any atom is 0.303 e. The van der Waals surface area contributed by atoms with Gasteiger partial charge in [-0.05, 0) is 24.3 Å². The van der Waals surface area contributed by atoms with E-state index in [1.807, 2.05) is 35.7 Å². The van der Waals surface area contributed by atoms with Gasteiger partial charge in [-0.1, -0.05) is 30.3 Å². The van der Waals surface area contributed by atoms with E-state index in [2.05, 4.69) is 10.3 Å². The van der Waals surface area contributed by atoms with Crippen molar-refractivity contribution in [3.63, 3.8) is 0 Å². The molecule has 1 aromatic heterocycles. The van der Waals surface area contributed by atoms with E-state index in [4.69, 9.17) is 9.47 Å². The van der Waals surface area contributed by atoms with Gasteiger partial charge in [0.15, 0.2) is 5.13 Å². The van der Waals surface area contributed by atoms with E-state index < -0.39 is 18.0 Å². The van der Waals surface area contributed by atoms with Crippen LogP contribution >= 0.6 is 11.3 Å². The van der Waals surface area contributed by atoms with Gasteiger partial charge < -0.3 is 9.47 Å². The fourth-order valence-corrected chi connectivity index (χ4v) is 3.19. The summed E-state index contributed by atoms with van der Waals surface area (Å²) in [5.41, 5.74) is 2.24. The number of hydrogen-bond donors (Lipinski definition) is 1. The number of ether oxygens (including phenoxy) is 2. The molecule has 1 atom stereocenters. The highest BCUT2D eigenvalue weighted by Gasteiger charge is 2.24. The first-order chi connectivity index (χ1) is 13.1. The second kappa shape index (κ2) is 8.46. The Morgan fingerprint density at radius 3 is 2.41 bits per heavy atom. The van der Waals surface area contributed by atoms with Crippen LogP contribution in [0.1, 0.15) is 18.6 Å². The molecule has 7 heteroatoms. The van der Waals surface area contributed by atoms with E-state index in [0.717, 1.165) is 17.0 Å². The summed E-state index contributed by atoms with van der Waals surface area (Å²) in [6.45, 7) is 1.27. The topological polar surface area (TPSA) is 77.5 Å². The summed E-state index contributed by atoms with van der Waals surface area (Å²) in [6.07, 6.45) is -1.03. The standard InChI is InChI=1S/C20H18N2O4S/c1-13(23)26-18(15-6-4-3-5-7-15)19(24)22-20-21-17(12-27-20)14-8-10-16(25-2)11-9-14/h3-12,18H,1-2H3,(H,21,22,24). The summed E-state index contributed by atoms with van der Waals surface area (Å²) >= 11 is 1.30. The first-order valence-electron chi connectivity index (χ1n) is 8.20. The third-order valence-corrected chi connectivity index (χ3v) is 4.50. The number of amides is 1. The molecule has 3 rings (SSSR count). The molecule has 0 aliphatic carbocycles. The zero-order valence-corrected chi connectivity index (χ0v) is 15.7. The first-order valence-corrected chi connectivity index (χ1v) is 9.08. The monoisotopic (exact) mass is 382 g/mol. The average molecular weight is 382 g/mol. The number of carbonyl (C=O) groups is 2. The number of anilines is 1. The maximum atomic E-state index is 12.6. The number of hydrogen-bond acceptors (Lipinski definition) is 6. The molecule has 138 valence electrons. The molecule has 1 heterocycles. The van der Waals surface area contributed by atoms with Gasteiger partial charge in [-0.3, -0.25) is 14.9 Å². The van der Waals surface area contributed by atoms with Gasteiger partial charge in [0, 0.05) is 23.4 Å². The number of thiazole rings is 1. The molecule has 6 nitrogen and oxygen atoms in total. The highest BCUT2D eigenvalue weighted by Crippen LogP contribution is 2.27. The number of carbonyl (C=O) groups excluding carboxylic acids is 2. The van der Waals surface area contributed by atoms with Crippen molar-refractivity contribution < 1.29 is 19.1 Å². The van der Waals surface area contributed by atoms with Crippen molar-refractivity contribution in [2.45, 2.75) is 13.0 Å². The summed E-state index contributed by atoms with van der Waals surface area (Å²) in [5.74, 6) is -0.223. The Morgan fingerprint density at radius 1 is 1.07 bits per heavy atom. The predicted octanol–water partition coefficient (Wildman–Crippen LogP) is 4.06. The van der Waals surface area contributed by atoms with Crippen LogP contribution < -0.4 is 10.1 Å². The van der Waals surface area contributed by atoms with Gasteiger partial charge in [0.2, 0.25) is 6.10 Å². The van der Waals surface area contributed by atoms with E-state index in [9.17, 15) is 9.59 Å². The molecule has 0 bridgehead atoms. The fraction of sp³-hybridized carbons (Fsp3) is 0.150. The van der Waals surface area contributed by atoms with Crippen molar-refractivity contribution in [2.75, 3.05) is 12.4 Å². The Hall–Kier alpha value is -3.19. The zero-order valence-electron chi connectivity index (χ0n) is 14.8. The highest BCUT2D eigenvalue weighted by molar-refractivity contribution is 7.14. The van der Waals surface area contributed by atoms with Crippen LogP contribution in [-0.4, -0.2) is 24.0 Å². The Bertz CT molecular complexity index is 923. The van der Waals surface area contributed by atoms with Crippen molar-refractivity contribution in [1.82, 2.24) is 4.98 Å². The molecule has 0 radical (unpaired) electrons. The molecule has 0 aliphatic rings. The first kappa shape index (κ1) is 18.6. The lowest BCUT2D eigenvalue weighted by Crippen LogP contribution is -2.25. The number of methoxy groups -OCH3 is 1. The number of aromatic nitrogens is 1. The van der Waals surface area contributed by atoms with Crippen LogP contribution in [0.25, 0.3) is 11.3 Å². The van der Waals surface area contributed by atoms with Gasteiger partial charge in [-0.2, -0.15) is 0 Å². The van der Waals surface area contributed by atoms with Gasteiger partial charge in [0.1, 0.15) is 5.75 Å². The summed E-state index contributed by atoms with van der Waals surface area (Å²) in [7, 11) is 1.61. The minimum absolute atomic E-state index is 0.430. The molecule has 3 aromatic rings. The molecule has 0 spiro atoms. The SMILES string of the molecule is COc1ccc(-c2csc(NC(=O)C(OC(C)=O)c3ccccc3)n2)cc1. The van der Waals surface area contributed by atoms with Gasteiger partial charge in [0.25, 0.3) is 5.91 Å². The maximum absolute atomic E-state index is 12.6. The Balaban J connectivity index is 1.76. The van der Waals surface area contributed by atoms with Gasteiger partial charge in [-0.15, -0.1) is 11.3 Å². The second-order valence-corrected chi connectivity index (χ2v) is 6.51. The Labute approximate surface area is 160 Å². The summed E-state index contributed by atoms with van der Waals surface area (Å²) in [5, 5.41) is 5.00. The lowest BCUT2D eigenvalue weighted by Gasteiger charge is -2.16. The third-order valence-electron chi connectivity index (χ3n) is 3.74. The van der Waals surface area contributed by atoms with Crippen LogP contribution in [0.5, 0.6) is 5.75 Å². The summed E-state index contributed by atoms with van der Waals surface area (Å²) in [6, 6.07) is 16.3. The number of rotatable bonds is 6. The fourth-order valence-electron chi connectivity index (χ4n) is 2.46. The van der Waals surface area contributed by atoms with E-state index >= 15 is 0 Å². The van der Waals surface area contributed by atoms with Crippen molar-refractivity contribution in [2.24, 2.45) is 0 Å². The molecule has 27 heavy (non-hydrogen) atoms. The zero-order chi connectivity index (χ0) is 19.2. The van der Waals surface area contributed by atoms with Gasteiger partial charge in [-0.25, -0.2) is 4.98 Å². The van der Waals surface area contributed by atoms with Crippen molar-refractivity contribution in [1.29, 1.82) is 0 Å². The van der Waals surface area contributed by atoms with Crippen LogP contribution in [0.3, 0.4) is 0 Å². The summed E-state index contributed by atoms with van der Waals surface area (Å²) in [4.78, 5) is 28.5. The molecule has 2 aromatic carbocycles. The molecule has 1 N–H and O–H groups in total. The van der Waals surface area contributed by atoms with Crippen molar-refractivity contribution in [3.8, 4) is 17.0 Å². The lowest BCUT2D eigenvalue weighted by molar-refractivity contribution is -0.152. The Kier molecular flexibility index (Phi) is 5.83. The van der Waals surface area contributed by atoms with Crippen molar-refractivity contribution >= 4 is 28.3 Å². The van der Waals surface area contributed by atoms with Crippen LogP contribution in [0.4, 0.5) is 5.13 Å².